The van der Waals surface area contributed by atoms with Gasteiger partial charge in [-0.05, 0) is 81.2 Å². The number of hydrogen-bond acceptors (Lipinski definition) is 1. The molecule has 130 valence electrons. The highest BCUT2D eigenvalue weighted by Gasteiger charge is 2.22. The van der Waals surface area contributed by atoms with E-state index >= 15 is 0 Å². The number of halogens is 1. The molecule has 0 saturated carbocycles. The van der Waals surface area contributed by atoms with Crippen LogP contribution in [-0.2, 0) is 0 Å². The van der Waals surface area contributed by atoms with Gasteiger partial charge in [-0.1, -0.05) is 59.7 Å². The average Bonchev–Trinajstić information content (AvgIpc) is 2.50. The molecule has 2 aromatic rings. The standard InChI is InChI=1S/C22H29IO/c1-12(2)16-10-17(13(3)4)21(18(11-16)14(5)6)20-15(7)8-9-19(24)22(20)23/h8-14,24H,1-7H3. The Balaban J connectivity index is 2.94. The number of hydrogen-bond donors (Lipinski definition) is 1. The van der Waals surface area contributed by atoms with E-state index in [0.717, 1.165) is 3.57 Å². The highest BCUT2D eigenvalue weighted by Crippen LogP contribution is 2.43. The maximum atomic E-state index is 10.3. The second kappa shape index (κ2) is 7.47. The van der Waals surface area contributed by atoms with Crippen molar-refractivity contribution in [1.29, 1.82) is 0 Å². The Labute approximate surface area is 160 Å². The van der Waals surface area contributed by atoms with Crippen molar-refractivity contribution < 1.29 is 5.11 Å². The highest BCUT2D eigenvalue weighted by molar-refractivity contribution is 14.1. The number of aromatic hydroxyl groups is 1. The molecule has 0 bridgehead atoms. The van der Waals surface area contributed by atoms with E-state index in [1.54, 1.807) is 6.07 Å². The zero-order chi connectivity index (χ0) is 18.2. The molecule has 1 N–H and O–H groups in total. The third kappa shape index (κ3) is 3.63. The van der Waals surface area contributed by atoms with E-state index in [0.29, 0.717) is 23.5 Å². The summed E-state index contributed by atoms with van der Waals surface area (Å²) < 4.78 is 0.952. The van der Waals surface area contributed by atoms with Crippen molar-refractivity contribution in [3.8, 4) is 16.9 Å². The lowest BCUT2D eigenvalue weighted by atomic mass is 9.81. The van der Waals surface area contributed by atoms with E-state index < -0.39 is 0 Å². The Kier molecular flexibility index (Phi) is 6.00. The summed E-state index contributed by atoms with van der Waals surface area (Å²) in [5.74, 6) is 1.76. The van der Waals surface area contributed by atoms with Crippen LogP contribution in [0.15, 0.2) is 24.3 Å². The molecule has 0 amide bonds. The van der Waals surface area contributed by atoms with Crippen LogP contribution in [0.4, 0.5) is 0 Å². The van der Waals surface area contributed by atoms with Crippen molar-refractivity contribution in [3.63, 3.8) is 0 Å². The Morgan fingerprint density at radius 3 is 1.71 bits per heavy atom. The maximum absolute atomic E-state index is 10.3. The molecule has 0 aliphatic carbocycles. The van der Waals surface area contributed by atoms with Crippen molar-refractivity contribution >= 4 is 22.6 Å². The smallest absolute Gasteiger partial charge is 0.129 e. The SMILES string of the molecule is Cc1ccc(O)c(I)c1-c1c(C(C)C)cc(C(C)C)cc1C(C)C. The molecule has 0 spiro atoms. The molecule has 0 aliphatic heterocycles. The summed E-state index contributed by atoms with van der Waals surface area (Å²) in [6, 6.07) is 8.57. The Morgan fingerprint density at radius 2 is 1.29 bits per heavy atom. The molecule has 0 heterocycles. The van der Waals surface area contributed by atoms with E-state index in [1.807, 2.05) is 6.07 Å². The van der Waals surface area contributed by atoms with Gasteiger partial charge in [0.1, 0.15) is 5.75 Å². The van der Waals surface area contributed by atoms with Gasteiger partial charge in [0.25, 0.3) is 0 Å². The van der Waals surface area contributed by atoms with E-state index in [2.05, 4.69) is 83.2 Å². The van der Waals surface area contributed by atoms with Crippen LogP contribution in [-0.4, -0.2) is 5.11 Å². The Bertz CT molecular complexity index is 713. The summed E-state index contributed by atoms with van der Waals surface area (Å²) in [5.41, 5.74) is 7.91. The molecule has 2 aromatic carbocycles. The molecule has 0 unspecified atom stereocenters. The van der Waals surface area contributed by atoms with Crippen LogP contribution >= 0.6 is 22.6 Å². The van der Waals surface area contributed by atoms with Gasteiger partial charge in [0.2, 0.25) is 0 Å². The van der Waals surface area contributed by atoms with Crippen molar-refractivity contribution in [2.24, 2.45) is 0 Å². The first-order chi connectivity index (χ1) is 11.1. The van der Waals surface area contributed by atoms with Crippen LogP contribution < -0.4 is 0 Å². The quantitative estimate of drug-likeness (QED) is 0.497. The minimum Gasteiger partial charge on any atom is -0.507 e. The molecule has 0 aromatic heterocycles. The lowest BCUT2D eigenvalue weighted by Crippen LogP contribution is -2.05. The van der Waals surface area contributed by atoms with Gasteiger partial charge in [-0.3, -0.25) is 0 Å². The highest BCUT2D eigenvalue weighted by atomic mass is 127. The fourth-order valence-electron chi connectivity index (χ4n) is 3.21. The summed E-state index contributed by atoms with van der Waals surface area (Å²) in [7, 11) is 0. The van der Waals surface area contributed by atoms with Crippen LogP contribution in [0.5, 0.6) is 5.75 Å². The molecule has 0 saturated heterocycles. The minimum atomic E-state index is 0.369. The topological polar surface area (TPSA) is 20.2 Å². The number of benzene rings is 2. The van der Waals surface area contributed by atoms with Crippen LogP contribution in [0.25, 0.3) is 11.1 Å². The van der Waals surface area contributed by atoms with E-state index in [1.165, 1.54) is 33.4 Å². The molecule has 2 rings (SSSR count). The van der Waals surface area contributed by atoms with Crippen molar-refractivity contribution in [1.82, 2.24) is 0 Å². The molecular weight excluding hydrogens is 407 g/mol. The molecule has 0 fully saturated rings. The summed E-state index contributed by atoms with van der Waals surface area (Å²) in [6.45, 7) is 15.7. The van der Waals surface area contributed by atoms with Crippen LogP contribution in [0.2, 0.25) is 0 Å². The molecule has 2 heteroatoms. The zero-order valence-electron chi connectivity index (χ0n) is 15.9. The van der Waals surface area contributed by atoms with Gasteiger partial charge in [0.15, 0.2) is 0 Å². The lowest BCUT2D eigenvalue weighted by Gasteiger charge is -2.25. The van der Waals surface area contributed by atoms with Crippen LogP contribution in [0.1, 0.15) is 81.5 Å². The van der Waals surface area contributed by atoms with Gasteiger partial charge in [0.05, 0.1) is 3.57 Å². The third-order valence-electron chi connectivity index (χ3n) is 4.71. The predicted octanol–water partition coefficient (Wildman–Crippen LogP) is 7.34. The van der Waals surface area contributed by atoms with Crippen molar-refractivity contribution in [3.05, 3.63) is 50.1 Å². The first-order valence-electron chi connectivity index (χ1n) is 8.81. The Hall–Kier alpha value is -1.03. The first-order valence-corrected chi connectivity index (χ1v) is 9.89. The minimum absolute atomic E-state index is 0.369. The molecular formula is C22H29IO. The van der Waals surface area contributed by atoms with Gasteiger partial charge >= 0.3 is 0 Å². The largest absolute Gasteiger partial charge is 0.507 e. The van der Waals surface area contributed by atoms with E-state index in [-0.39, 0.29) is 0 Å². The summed E-state index contributed by atoms with van der Waals surface area (Å²) in [5, 5.41) is 10.3. The number of phenols is 1. The molecule has 0 atom stereocenters. The summed E-state index contributed by atoms with van der Waals surface area (Å²) in [6.07, 6.45) is 0. The second-order valence-electron chi connectivity index (χ2n) is 7.63. The van der Waals surface area contributed by atoms with Gasteiger partial charge < -0.3 is 5.11 Å². The van der Waals surface area contributed by atoms with Crippen LogP contribution in [0.3, 0.4) is 0 Å². The molecule has 1 nitrogen and oxygen atoms in total. The van der Waals surface area contributed by atoms with E-state index in [9.17, 15) is 5.11 Å². The zero-order valence-corrected chi connectivity index (χ0v) is 18.0. The van der Waals surface area contributed by atoms with Gasteiger partial charge in [0, 0.05) is 5.56 Å². The maximum Gasteiger partial charge on any atom is 0.129 e. The van der Waals surface area contributed by atoms with Crippen LogP contribution in [0, 0.1) is 10.5 Å². The monoisotopic (exact) mass is 436 g/mol. The van der Waals surface area contributed by atoms with E-state index in [4.69, 9.17) is 0 Å². The summed E-state index contributed by atoms with van der Waals surface area (Å²) in [4.78, 5) is 0. The first kappa shape index (κ1) is 19.3. The summed E-state index contributed by atoms with van der Waals surface area (Å²) >= 11 is 2.29. The fraction of sp³-hybridized carbons (Fsp3) is 0.455. The number of phenolic OH excluding ortho intramolecular Hbond substituents is 1. The van der Waals surface area contributed by atoms with Crippen molar-refractivity contribution in [2.45, 2.75) is 66.2 Å². The third-order valence-corrected chi connectivity index (χ3v) is 5.80. The van der Waals surface area contributed by atoms with Gasteiger partial charge in [-0.2, -0.15) is 0 Å². The normalized spacial score (nSPS) is 11.8. The molecule has 0 radical (unpaired) electrons. The second-order valence-corrected chi connectivity index (χ2v) is 8.71. The Morgan fingerprint density at radius 1 is 0.792 bits per heavy atom. The van der Waals surface area contributed by atoms with Gasteiger partial charge in [-0.25, -0.2) is 0 Å². The average molecular weight is 436 g/mol. The number of aryl methyl sites for hydroxylation is 1. The molecule has 0 aliphatic rings. The predicted molar refractivity (Wildman–Crippen MR) is 113 cm³/mol. The van der Waals surface area contributed by atoms with Gasteiger partial charge in [-0.15, -0.1) is 0 Å². The molecule has 24 heavy (non-hydrogen) atoms. The number of rotatable bonds is 4. The fourth-order valence-corrected chi connectivity index (χ4v) is 4.09. The lowest BCUT2D eigenvalue weighted by molar-refractivity contribution is 0.471. The van der Waals surface area contributed by atoms with Crippen molar-refractivity contribution in [2.75, 3.05) is 0 Å².